The lowest BCUT2D eigenvalue weighted by Gasteiger charge is -2.35. The molecule has 0 spiro atoms. The number of amides is 2. The lowest BCUT2D eigenvalue weighted by Crippen LogP contribution is -2.51. The monoisotopic (exact) mass is 450 g/mol. The molecule has 2 amide bonds. The average molecular weight is 451 g/mol. The number of benzene rings is 3. The maximum absolute atomic E-state index is 13.3. The van der Waals surface area contributed by atoms with Gasteiger partial charge >= 0.3 is 0 Å². The Bertz CT molecular complexity index is 1150. The zero-order chi connectivity index (χ0) is 22.7. The average Bonchev–Trinajstić information content (AvgIpc) is 2.82. The van der Waals surface area contributed by atoms with Crippen LogP contribution in [0.25, 0.3) is 0 Å². The standard InChI is InChI=1S/C25H23ClN2O4/c1-31-23-13-18(8-11-22(23)32-15-16-6-9-20(26)10-7-16)25(30)28-14-19-5-3-2-4-17(19)12-21(28)24(27)29/h2-11,13,21H,12,14-15H2,1H3,(H2,27,29)/t21-/m1/s1. The van der Waals surface area contributed by atoms with Gasteiger partial charge in [-0.15, -0.1) is 0 Å². The van der Waals surface area contributed by atoms with Crippen LogP contribution < -0.4 is 15.2 Å². The number of hydrogen-bond donors (Lipinski definition) is 1. The third-order valence-corrected chi connectivity index (χ3v) is 5.81. The Labute approximate surface area is 191 Å². The van der Waals surface area contributed by atoms with E-state index in [1.807, 2.05) is 36.4 Å². The summed E-state index contributed by atoms with van der Waals surface area (Å²) < 4.78 is 11.3. The molecule has 3 aromatic rings. The third-order valence-electron chi connectivity index (χ3n) is 5.56. The molecule has 0 fully saturated rings. The Morgan fingerprint density at radius 3 is 2.44 bits per heavy atom. The number of halogens is 1. The van der Waals surface area contributed by atoms with Gasteiger partial charge in [0.15, 0.2) is 11.5 Å². The molecule has 0 aromatic heterocycles. The van der Waals surface area contributed by atoms with Crippen molar-refractivity contribution in [3.8, 4) is 11.5 Å². The van der Waals surface area contributed by atoms with E-state index in [4.69, 9.17) is 26.8 Å². The second kappa shape index (κ2) is 9.32. The number of hydrogen-bond acceptors (Lipinski definition) is 4. The van der Waals surface area contributed by atoms with Crippen LogP contribution in [-0.4, -0.2) is 29.9 Å². The van der Waals surface area contributed by atoms with Gasteiger partial charge in [0.05, 0.1) is 7.11 Å². The van der Waals surface area contributed by atoms with Crippen LogP contribution >= 0.6 is 11.6 Å². The van der Waals surface area contributed by atoms with Gasteiger partial charge in [-0.3, -0.25) is 9.59 Å². The maximum Gasteiger partial charge on any atom is 0.254 e. The highest BCUT2D eigenvalue weighted by Gasteiger charge is 2.34. The van der Waals surface area contributed by atoms with Crippen molar-refractivity contribution in [3.63, 3.8) is 0 Å². The van der Waals surface area contributed by atoms with Gasteiger partial charge in [-0.25, -0.2) is 0 Å². The van der Waals surface area contributed by atoms with Gasteiger partial charge in [-0.1, -0.05) is 48.0 Å². The molecule has 2 N–H and O–H groups in total. The normalized spacial score (nSPS) is 15.1. The fourth-order valence-electron chi connectivity index (χ4n) is 3.82. The Morgan fingerprint density at radius 2 is 1.75 bits per heavy atom. The first-order chi connectivity index (χ1) is 15.5. The zero-order valence-corrected chi connectivity index (χ0v) is 18.3. The molecule has 0 aliphatic carbocycles. The van der Waals surface area contributed by atoms with Crippen LogP contribution in [0.5, 0.6) is 11.5 Å². The molecule has 6 nitrogen and oxygen atoms in total. The van der Waals surface area contributed by atoms with Gasteiger partial charge in [0.25, 0.3) is 5.91 Å². The quantitative estimate of drug-likeness (QED) is 0.615. The number of nitrogens with zero attached hydrogens (tertiary/aromatic N) is 1. The summed E-state index contributed by atoms with van der Waals surface area (Å²) in [5, 5.41) is 0.656. The first-order valence-corrected chi connectivity index (χ1v) is 10.6. The summed E-state index contributed by atoms with van der Waals surface area (Å²) in [6, 6.07) is 19.4. The zero-order valence-electron chi connectivity index (χ0n) is 17.6. The summed E-state index contributed by atoms with van der Waals surface area (Å²) in [4.78, 5) is 26.9. The Hall–Kier alpha value is -3.51. The first-order valence-electron chi connectivity index (χ1n) is 10.2. The van der Waals surface area contributed by atoms with Crippen molar-refractivity contribution in [2.75, 3.05) is 7.11 Å². The fraction of sp³-hybridized carbons (Fsp3) is 0.200. The molecule has 0 bridgehead atoms. The number of rotatable bonds is 6. The van der Waals surface area contributed by atoms with Crippen molar-refractivity contribution >= 4 is 23.4 Å². The molecule has 3 aromatic carbocycles. The van der Waals surface area contributed by atoms with Gasteiger partial charge in [0, 0.05) is 23.6 Å². The van der Waals surface area contributed by atoms with Gasteiger partial charge in [0.1, 0.15) is 12.6 Å². The summed E-state index contributed by atoms with van der Waals surface area (Å²) in [7, 11) is 1.52. The molecule has 32 heavy (non-hydrogen) atoms. The largest absolute Gasteiger partial charge is 0.493 e. The van der Waals surface area contributed by atoms with Gasteiger partial charge in [-0.05, 0) is 47.0 Å². The highest BCUT2D eigenvalue weighted by atomic mass is 35.5. The van der Waals surface area contributed by atoms with E-state index < -0.39 is 11.9 Å². The minimum Gasteiger partial charge on any atom is -0.493 e. The molecule has 0 saturated carbocycles. The van der Waals surface area contributed by atoms with E-state index in [-0.39, 0.29) is 5.91 Å². The molecule has 7 heteroatoms. The number of primary amides is 1. The Balaban J connectivity index is 1.55. The molecule has 0 radical (unpaired) electrons. The molecule has 4 rings (SSSR count). The molecule has 1 aliphatic heterocycles. The van der Waals surface area contributed by atoms with Gasteiger partial charge in [0.2, 0.25) is 5.91 Å². The van der Waals surface area contributed by atoms with E-state index in [9.17, 15) is 9.59 Å². The Morgan fingerprint density at radius 1 is 1.03 bits per heavy atom. The molecule has 1 aliphatic rings. The predicted octanol–water partition coefficient (Wildman–Crippen LogP) is 3.98. The van der Waals surface area contributed by atoms with E-state index in [1.165, 1.54) is 12.0 Å². The van der Waals surface area contributed by atoms with Crippen molar-refractivity contribution in [1.82, 2.24) is 4.90 Å². The predicted molar refractivity (Wildman–Crippen MR) is 122 cm³/mol. The maximum atomic E-state index is 13.3. The van der Waals surface area contributed by atoms with Gasteiger partial charge in [-0.2, -0.15) is 0 Å². The fourth-order valence-corrected chi connectivity index (χ4v) is 3.94. The number of nitrogens with two attached hydrogens (primary N) is 1. The minimum absolute atomic E-state index is 0.286. The highest BCUT2D eigenvalue weighted by molar-refractivity contribution is 6.30. The Kier molecular flexibility index (Phi) is 6.32. The summed E-state index contributed by atoms with van der Waals surface area (Å²) in [6.07, 6.45) is 0.399. The molecular formula is C25H23ClN2O4. The molecule has 1 atom stereocenters. The van der Waals surface area contributed by atoms with E-state index in [0.29, 0.717) is 41.7 Å². The number of ether oxygens (including phenoxy) is 2. The number of fused-ring (bicyclic) bond motifs is 1. The molecule has 1 heterocycles. The van der Waals surface area contributed by atoms with Crippen LogP contribution in [0.3, 0.4) is 0 Å². The number of carbonyl (C=O) groups excluding carboxylic acids is 2. The van der Waals surface area contributed by atoms with E-state index in [0.717, 1.165) is 16.7 Å². The SMILES string of the molecule is COc1cc(C(=O)N2Cc3ccccc3C[C@@H]2C(N)=O)ccc1OCc1ccc(Cl)cc1. The van der Waals surface area contributed by atoms with E-state index in [2.05, 4.69) is 0 Å². The topological polar surface area (TPSA) is 81.9 Å². The lowest BCUT2D eigenvalue weighted by atomic mass is 9.93. The second-order valence-corrected chi connectivity index (χ2v) is 8.04. The van der Waals surface area contributed by atoms with Crippen LogP contribution in [-0.2, 0) is 24.4 Å². The summed E-state index contributed by atoms with van der Waals surface area (Å²) >= 11 is 5.92. The van der Waals surface area contributed by atoms with E-state index >= 15 is 0 Å². The van der Waals surface area contributed by atoms with Gasteiger partial charge < -0.3 is 20.1 Å². The van der Waals surface area contributed by atoms with Crippen LogP contribution in [0.4, 0.5) is 0 Å². The summed E-state index contributed by atoms with van der Waals surface area (Å²) in [5.74, 6) is 0.126. The number of carbonyl (C=O) groups is 2. The van der Waals surface area contributed by atoms with Crippen molar-refractivity contribution in [2.45, 2.75) is 25.6 Å². The van der Waals surface area contributed by atoms with Crippen molar-refractivity contribution in [3.05, 3.63) is 94.0 Å². The minimum atomic E-state index is -0.704. The lowest BCUT2D eigenvalue weighted by molar-refractivity contribution is -0.122. The molecule has 164 valence electrons. The summed E-state index contributed by atoms with van der Waals surface area (Å²) in [5.41, 5.74) is 9.01. The summed E-state index contributed by atoms with van der Waals surface area (Å²) in [6.45, 7) is 0.646. The molecular weight excluding hydrogens is 428 g/mol. The third kappa shape index (κ3) is 4.55. The van der Waals surface area contributed by atoms with Crippen molar-refractivity contribution in [2.24, 2.45) is 5.73 Å². The van der Waals surface area contributed by atoms with Crippen molar-refractivity contribution in [1.29, 1.82) is 0 Å². The molecule has 0 unspecified atom stereocenters. The van der Waals surface area contributed by atoms with Crippen LogP contribution in [0.2, 0.25) is 5.02 Å². The molecule has 0 saturated heterocycles. The first kappa shape index (κ1) is 21.7. The van der Waals surface area contributed by atoms with Crippen LogP contribution in [0, 0.1) is 0 Å². The van der Waals surface area contributed by atoms with Crippen molar-refractivity contribution < 1.29 is 19.1 Å². The number of methoxy groups -OCH3 is 1. The highest BCUT2D eigenvalue weighted by Crippen LogP contribution is 2.31. The smallest absolute Gasteiger partial charge is 0.254 e. The van der Waals surface area contributed by atoms with Crippen LogP contribution in [0.15, 0.2) is 66.7 Å². The van der Waals surface area contributed by atoms with E-state index in [1.54, 1.807) is 30.3 Å². The second-order valence-electron chi connectivity index (χ2n) is 7.60. The van der Waals surface area contributed by atoms with Crippen LogP contribution in [0.1, 0.15) is 27.0 Å².